The predicted molar refractivity (Wildman–Crippen MR) is 91.7 cm³/mol. The Morgan fingerprint density at radius 1 is 1.12 bits per heavy atom. The highest BCUT2D eigenvalue weighted by atomic mass is 16.6. The summed E-state index contributed by atoms with van der Waals surface area (Å²) in [7, 11) is 0. The zero-order chi connectivity index (χ0) is 17.5. The van der Waals surface area contributed by atoms with Crippen LogP contribution in [0.4, 0.5) is 9.59 Å². The van der Waals surface area contributed by atoms with E-state index in [-0.39, 0.29) is 23.6 Å². The van der Waals surface area contributed by atoms with Crippen LogP contribution in [0.3, 0.4) is 0 Å². The summed E-state index contributed by atoms with van der Waals surface area (Å²) in [5, 5.41) is 3.30. The van der Waals surface area contributed by atoms with Gasteiger partial charge in [-0.05, 0) is 42.9 Å². The van der Waals surface area contributed by atoms with Gasteiger partial charge in [-0.1, -0.05) is 20.8 Å². The lowest BCUT2D eigenvalue weighted by atomic mass is 9.69. The number of rotatable bonds is 2. The number of hydrogen-bond donors (Lipinski definition) is 1. The number of urea groups is 1. The normalized spacial score (nSPS) is 34.3. The fourth-order valence-corrected chi connectivity index (χ4v) is 4.97. The molecule has 0 radical (unpaired) electrons. The molecule has 0 aromatic rings. The molecule has 0 aromatic carbocycles. The van der Waals surface area contributed by atoms with Gasteiger partial charge in [0, 0.05) is 32.2 Å². The lowest BCUT2D eigenvalue weighted by Crippen LogP contribution is -2.56. The standard InChI is InChI=1S/C18H31N3O3/c1-5-24-16(23)21-10-8-20(9-11-21)15(22)19-14-12-13-6-7-18(14,4)17(13,2)3/h13-14H,5-12H2,1-4H3,(H,19,22)/t13-,14+,18-/m1/s1. The SMILES string of the molecule is CCOC(=O)N1CCN(C(=O)N[C@H]2C[C@H]3CC[C@@]2(C)C3(C)C)CC1. The number of hydrogen-bond acceptors (Lipinski definition) is 3. The Morgan fingerprint density at radius 3 is 2.25 bits per heavy atom. The van der Waals surface area contributed by atoms with Crippen LogP contribution in [0.15, 0.2) is 0 Å². The molecule has 136 valence electrons. The molecular formula is C18H31N3O3. The molecule has 2 saturated carbocycles. The average Bonchev–Trinajstić information content (AvgIpc) is 2.88. The summed E-state index contributed by atoms with van der Waals surface area (Å²) in [4.78, 5) is 27.9. The van der Waals surface area contributed by atoms with Gasteiger partial charge in [-0.15, -0.1) is 0 Å². The first-order chi connectivity index (χ1) is 11.3. The van der Waals surface area contributed by atoms with Crippen molar-refractivity contribution in [2.75, 3.05) is 32.8 Å². The molecule has 1 heterocycles. The van der Waals surface area contributed by atoms with Crippen molar-refractivity contribution in [1.82, 2.24) is 15.1 Å². The van der Waals surface area contributed by atoms with Crippen LogP contribution >= 0.6 is 0 Å². The second-order valence-electron chi connectivity index (χ2n) is 8.29. The van der Waals surface area contributed by atoms with Crippen molar-refractivity contribution in [3.05, 3.63) is 0 Å². The third-order valence-electron chi connectivity index (χ3n) is 7.18. The van der Waals surface area contributed by atoms with Crippen LogP contribution in [-0.4, -0.2) is 60.8 Å². The zero-order valence-corrected chi connectivity index (χ0v) is 15.4. The minimum absolute atomic E-state index is 0.0214. The Morgan fingerprint density at radius 2 is 1.75 bits per heavy atom. The molecular weight excluding hydrogens is 306 g/mol. The van der Waals surface area contributed by atoms with E-state index in [1.165, 1.54) is 12.8 Å². The number of amides is 3. The average molecular weight is 337 g/mol. The van der Waals surface area contributed by atoms with Crippen LogP contribution in [0.5, 0.6) is 0 Å². The van der Waals surface area contributed by atoms with Crippen molar-refractivity contribution < 1.29 is 14.3 Å². The first-order valence-corrected chi connectivity index (χ1v) is 9.26. The van der Waals surface area contributed by atoms with Crippen LogP contribution in [0, 0.1) is 16.7 Å². The van der Waals surface area contributed by atoms with E-state index in [1.54, 1.807) is 11.8 Å². The minimum Gasteiger partial charge on any atom is -0.450 e. The van der Waals surface area contributed by atoms with Gasteiger partial charge in [-0.2, -0.15) is 0 Å². The summed E-state index contributed by atoms with van der Waals surface area (Å²) in [6.45, 7) is 11.5. The van der Waals surface area contributed by atoms with E-state index >= 15 is 0 Å². The monoisotopic (exact) mass is 337 g/mol. The Labute approximate surface area is 144 Å². The van der Waals surface area contributed by atoms with E-state index < -0.39 is 0 Å². The Balaban J connectivity index is 1.53. The number of nitrogens with one attached hydrogen (secondary N) is 1. The smallest absolute Gasteiger partial charge is 0.409 e. The molecule has 0 spiro atoms. The first-order valence-electron chi connectivity index (χ1n) is 9.26. The highest BCUT2D eigenvalue weighted by Crippen LogP contribution is 2.65. The molecule has 2 bridgehead atoms. The number of carbonyl (C=O) groups is 2. The van der Waals surface area contributed by atoms with Crippen molar-refractivity contribution in [3.8, 4) is 0 Å². The largest absolute Gasteiger partial charge is 0.450 e. The number of ether oxygens (including phenoxy) is 1. The first kappa shape index (κ1) is 17.4. The van der Waals surface area contributed by atoms with Gasteiger partial charge in [0.25, 0.3) is 0 Å². The van der Waals surface area contributed by atoms with Gasteiger partial charge < -0.3 is 19.9 Å². The topological polar surface area (TPSA) is 61.9 Å². The maximum atomic E-state index is 12.7. The van der Waals surface area contributed by atoms with Crippen molar-refractivity contribution in [3.63, 3.8) is 0 Å². The van der Waals surface area contributed by atoms with Crippen LogP contribution in [-0.2, 0) is 4.74 Å². The molecule has 24 heavy (non-hydrogen) atoms. The molecule has 3 amide bonds. The van der Waals surface area contributed by atoms with E-state index in [0.29, 0.717) is 44.1 Å². The van der Waals surface area contributed by atoms with Crippen molar-refractivity contribution in [2.24, 2.45) is 16.7 Å². The third-order valence-corrected chi connectivity index (χ3v) is 7.18. The Hall–Kier alpha value is -1.46. The van der Waals surface area contributed by atoms with E-state index in [9.17, 15) is 9.59 Å². The van der Waals surface area contributed by atoms with Gasteiger partial charge in [-0.25, -0.2) is 9.59 Å². The molecule has 1 saturated heterocycles. The van der Waals surface area contributed by atoms with Gasteiger partial charge in [0.05, 0.1) is 6.61 Å². The number of piperazine rings is 1. The minimum atomic E-state index is -0.278. The molecule has 6 nitrogen and oxygen atoms in total. The quantitative estimate of drug-likeness (QED) is 0.843. The van der Waals surface area contributed by atoms with Crippen molar-refractivity contribution in [1.29, 1.82) is 0 Å². The van der Waals surface area contributed by atoms with Gasteiger partial charge in [-0.3, -0.25) is 0 Å². The third kappa shape index (κ3) is 2.64. The van der Waals surface area contributed by atoms with Crippen molar-refractivity contribution >= 4 is 12.1 Å². The molecule has 0 unspecified atom stereocenters. The van der Waals surface area contributed by atoms with Gasteiger partial charge in [0.1, 0.15) is 0 Å². The lowest BCUT2D eigenvalue weighted by Gasteiger charge is -2.41. The van der Waals surface area contributed by atoms with Gasteiger partial charge in [0.15, 0.2) is 0 Å². The molecule has 6 heteroatoms. The number of carbonyl (C=O) groups excluding carboxylic acids is 2. The molecule has 1 aliphatic heterocycles. The van der Waals surface area contributed by atoms with Gasteiger partial charge in [0.2, 0.25) is 0 Å². The van der Waals surface area contributed by atoms with E-state index in [2.05, 4.69) is 26.1 Å². The molecule has 0 aromatic heterocycles. The summed E-state index contributed by atoms with van der Waals surface area (Å²) >= 11 is 0. The molecule has 3 fully saturated rings. The molecule has 3 aliphatic rings. The maximum Gasteiger partial charge on any atom is 0.409 e. The molecule has 1 N–H and O–H groups in total. The van der Waals surface area contributed by atoms with E-state index in [0.717, 1.165) is 6.42 Å². The molecule has 3 rings (SSSR count). The Bertz CT molecular complexity index is 514. The molecule has 3 atom stereocenters. The highest BCUT2D eigenvalue weighted by molar-refractivity contribution is 5.75. The summed E-state index contributed by atoms with van der Waals surface area (Å²) in [6, 6.07) is 0.287. The fourth-order valence-electron chi connectivity index (χ4n) is 4.97. The summed E-state index contributed by atoms with van der Waals surface area (Å²) < 4.78 is 5.02. The lowest BCUT2D eigenvalue weighted by molar-refractivity contribution is 0.0814. The molecule has 2 aliphatic carbocycles. The summed E-state index contributed by atoms with van der Waals surface area (Å²) in [6.07, 6.45) is 3.30. The summed E-state index contributed by atoms with van der Waals surface area (Å²) in [5.41, 5.74) is 0.494. The zero-order valence-electron chi connectivity index (χ0n) is 15.4. The van der Waals surface area contributed by atoms with Crippen LogP contribution < -0.4 is 5.32 Å². The van der Waals surface area contributed by atoms with Crippen LogP contribution in [0.1, 0.15) is 47.0 Å². The highest BCUT2D eigenvalue weighted by Gasteiger charge is 2.61. The Kier molecular flexibility index (Phi) is 4.43. The van der Waals surface area contributed by atoms with E-state index in [1.807, 2.05) is 4.90 Å². The summed E-state index contributed by atoms with van der Waals surface area (Å²) in [5.74, 6) is 0.716. The second kappa shape index (κ2) is 6.12. The van der Waals surface area contributed by atoms with Crippen LogP contribution in [0.25, 0.3) is 0 Å². The van der Waals surface area contributed by atoms with Crippen LogP contribution in [0.2, 0.25) is 0 Å². The van der Waals surface area contributed by atoms with E-state index in [4.69, 9.17) is 4.74 Å². The fraction of sp³-hybridized carbons (Fsp3) is 0.889. The maximum absolute atomic E-state index is 12.7. The van der Waals surface area contributed by atoms with Crippen molar-refractivity contribution in [2.45, 2.75) is 53.0 Å². The predicted octanol–water partition coefficient (Wildman–Crippen LogP) is 2.68. The van der Waals surface area contributed by atoms with Gasteiger partial charge >= 0.3 is 12.1 Å². The number of nitrogens with zero attached hydrogens (tertiary/aromatic N) is 2. The second-order valence-corrected chi connectivity index (χ2v) is 8.29. The number of fused-ring (bicyclic) bond motifs is 2.